The molecule has 0 amide bonds. The summed E-state index contributed by atoms with van der Waals surface area (Å²) >= 11 is 0. The summed E-state index contributed by atoms with van der Waals surface area (Å²) in [6, 6.07) is 1.50. The second-order valence-corrected chi connectivity index (χ2v) is 5.47. The molecule has 2 rings (SSSR count). The maximum absolute atomic E-state index is 3.66. The van der Waals surface area contributed by atoms with Gasteiger partial charge in [-0.2, -0.15) is 0 Å². The van der Waals surface area contributed by atoms with E-state index in [0.717, 1.165) is 18.0 Å². The van der Waals surface area contributed by atoms with Crippen molar-refractivity contribution >= 4 is 0 Å². The summed E-state index contributed by atoms with van der Waals surface area (Å²) in [5.74, 6) is 1.08. The summed E-state index contributed by atoms with van der Waals surface area (Å²) in [5, 5.41) is 3.66. The quantitative estimate of drug-likeness (QED) is 0.749. The lowest BCUT2D eigenvalue weighted by Gasteiger charge is -2.39. The summed E-state index contributed by atoms with van der Waals surface area (Å²) in [6.45, 7) is 8.46. The second kappa shape index (κ2) is 5.31. The lowest BCUT2D eigenvalue weighted by atomic mass is 10.1. The van der Waals surface area contributed by atoms with Crippen LogP contribution in [0.15, 0.2) is 0 Å². The molecule has 1 heterocycles. The van der Waals surface area contributed by atoms with Gasteiger partial charge in [0.1, 0.15) is 0 Å². The van der Waals surface area contributed by atoms with Gasteiger partial charge in [-0.3, -0.25) is 4.90 Å². The van der Waals surface area contributed by atoms with Crippen LogP contribution in [-0.4, -0.2) is 36.6 Å². The van der Waals surface area contributed by atoms with Crippen LogP contribution >= 0.6 is 0 Å². The van der Waals surface area contributed by atoms with Crippen LogP contribution in [0.1, 0.15) is 46.0 Å². The zero-order valence-electron chi connectivity index (χ0n) is 10.3. The molecule has 0 aromatic carbocycles. The summed E-state index contributed by atoms with van der Waals surface area (Å²) in [4.78, 5) is 2.70. The first-order valence-electron chi connectivity index (χ1n) is 6.77. The second-order valence-electron chi connectivity index (χ2n) is 5.47. The molecule has 1 saturated heterocycles. The molecule has 2 fully saturated rings. The Morgan fingerprint density at radius 3 is 2.73 bits per heavy atom. The molecule has 2 unspecified atom stereocenters. The molecule has 15 heavy (non-hydrogen) atoms. The van der Waals surface area contributed by atoms with Crippen molar-refractivity contribution < 1.29 is 0 Å². The molecule has 0 radical (unpaired) electrons. The number of nitrogens with one attached hydrogen (secondary N) is 1. The number of piperazine rings is 1. The molecule has 2 aliphatic rings. The SMILES string of the molecule is CCCC1CN(CCC2CC2)C(C)CN1. The molecule has 1 aliphatic heterocycles. The van der Waals surface area contributed by atoms with E-state index in [1.807, 2.05) is 0 Å². The average Bonchev–Trinajstić information content (AvgIpc) is 3.03. The van der Waals surface area contributed by atoms with Gasteiger partial charge in [-0.05, 0) is 32.2 Å². The van der Waals surface area contributed by atoms with Gasteiger partial charge < -0.3 is 5.32 Å². The normalized spacial score (nSPS) is 33.2. The molecular weight excluding hydrogens is 184 g/mol. The van der Waals surface area contributed by atoms with Gasteiger partial charge in [0.15, 0.2) is 0 Å². The largest absolute Gasteiger partial charge is 0.311 e. The van der Waals surface area contributed by atoms with E-state index >= 15 is 0 Å². The van der Waals surface area contributed by atoms with Crippen LogP contribution in [0.25, 0.3) is 0 Å². The van der Waals surface area contributed by atoms with Gasteiger partial charge in [0.25, 0.3) is 0 Å². The topological polar surface area (TPSA) is 15.3 Å². The zero-order valence-corrected chi connectivity index (χ0v) is 10.3. The Morgan fingerprint density at radius 1 is 1.27 bits per heavy atom. The maximum atomic E-state index is 3.66. The van der Waals surface area contributed by atoms with E-state index in [1.54, 1.807) is 0 Å². The van der Waals surface area contributed by atoms with E-state index in [0.29, 0.717) is 0 Å². The van der Waals surface area contributed by atoms with E-state index in [2.05, 4.69) is 24.1 Å². The summed E-state index contributed by atoms with van der Waals surface area (Å²) in [5.41, 5.74) is 0. The molecular formula is C13H26N2. The third-order valence-corrected chi connectivity index (χ3v) is 3.94. The van der Waals surface area contributed by atoms with E-state index in [9.17, 15) is 0 Å². The lowest BCUT2D eigenvalue weighted by molar-refractivity contribution is 0.133. The van der Waals surface area contributed by atoms with Crippen LogP contribution in [0.4, 0.5) is 0 Å². The Morgan fingerprint density at radius 2 is 2.07 bits per heavy atom. The molecule has 0 aromatic heterocycles. The van der Waals surface area contributed by atoms with Crippen LogP contribution < -0.4 is 5.32 Å². The lowest BCUT2D eigenvalue weighted by Crippen LogP contribution is -2.55. The highest BCUT2D eigenvalue weighted by molar-refractivity contribution is 4.85. The van der Waals surface area contributed by atoms with Crippen molar-refractivity contribution in [2.75, 3.05) is 19.6 Å². The molecule has 88 valence electrons. The van der Waals surface area contributed by atoms with Gasteiger partial charge in [-0.15, -0.1) is 0 Å². The van der Waals surface area contributed by atoms with E-state index in [4.69, 9.17) is 0 Å². The van der Waals surface area contributed by atoms with Crippen molar-refractivity contribution in [2.45, 2.75) is 58.0 Å². The van der Waals surface area contributed by atoms with Crippen LogP contribution in [0.3, 0.4) is 0 Å². The van der Waals surface area contributed by atoms with Crippen LogP contribution in [-0.2, 0) is 0 Å². The highest BCUT2D eigenvalue weighted by Crippen LogP contribution is 2.32. The molecule has 1 saturated carbocycles. The first-order valence-corrected chi connectivity index (χ1v) is 6.77. The molecule has 0 spiro atoms. The van der Waals surface area contributed by atoms with Crippen molar-refractivity contribution in [1.82, 2.24) is 10.2 Å². The van der Waals surface area contributed by atoms with E-state index in [-0.39, 0.29) is 0 Å². The van der Waals surface area contributed by atoms with Crippen LogP contribution in [0.5, 0.6) is 0 Å². The van der Waals surface area contributed by atoms with Gasteiger partial charge in [-0.25, -0.2) is 0 Å². The zero-order chi connectivity index (χ0) is 10.7. The fourth-order valence-corrected chi connectivity index (χ4v) is 2.60. The number of rotatable bonds is 5. The predicted molar refractivity (Wildman–Crippen MR) is 65.1 cm³/mol. The molecule has 2 heteroatoms. The number of hydrogen-bond donors (Lipinski definition) is 1. The van der Waals surface area contributed by atoms with Crippen molar-refractivity contribution in [1.29, 1.82) is 0 Å². The van der Waals surface area contributed by atoms with Crippen LogP contribution in [0.2, 0.25) is 0 Å². The fraction of sp³-hybridized carbons (Fsp3) is 1.00. The van der Waals surface area contributed by atoms with Gasteiger partial charge in [-0.1, -0.05) is 26.2 Å². The van der Waals surface area contributed by atoms with Gasteiger partial charge in [0.05, 0.1) is 0 Å². The fourth-order valence-electron chi connectivity index (χ4n) is 2.60. The van der Waals surface area contributed by atoms with E-state index in [1.165, 1.54) is 51.7 Å². The minimum absolute atomic E-state index is 0.747. The van der Waals surface area contributed by atoms with Crippen molar-refractivity contribution in [3.63, 3.8) is 0 Å². The molecule has 2 atom stereocenters. The summed E-state index contributed by atoms with van der Waals surface area (Å²) in [7, 11) is 0. The summed E-state index contributed by atoms with van der Waals surface area (Å²) < 4.78 is 0. The Kier molecular flexibility index (Phi) is 4.04. The highest BCUT2D eigenvalue weighted by Gasteiger charge is 2.27. The smallest absolute Gasteiger partial charge is 0.0195 e. The van der Waals surface area contributed by atoms with Gasteiger partial charge in [0.2, 0.25) is 0 Å². The Hall–Kier alpha value is -0.0800. The van der Waals surface area contributed by atoms with Gasteiger partial charge in [0, 0.05) is 25.2 Å². The Balaban J connectivity index is 1.73. The maximum Gasteiger partial charge on any atom is 0.0195 e. The first-order chi connectivity index (χ1) is 7.29. The standard InChI is InChI=1S/C13H26N2/c1-3-4-13-10-15(11(2)9-14-13)8-7-12-5-6-12/h11-14H,3-10H2,1-2H3. The Bertz CT molecular complexity index is 189. The third-order valence-electron chi connectivity index (χ3n) is 3.94. The van der Waals surface area contributed by atoms with E-state index < -0.39 is 0 Å². The number of nitrogens with zero attached hydrogens (tertiary/aromatic N) is 1. The molecule has 0 aromatic rings. The average molecular weight is 210 g/mol. The van der Waals surface area contributed by atoms with Crippen molar-refractivity contribution in [3.05, 3.63) is 0 Å². The predicted octanol–water partition coefficient (Wildman–Crippen LogP) is 2.25. The van der Waals surface area contributed by atoms with Crippen molar-refractivity contribution in [2.24, 2.45) is 5.92 Å². The molecule has 1 aliphatic carbocycles. The van der Waals surface area contributed by atoms with Crippen molar-refractivity contribution in [3.8, 4) is 0 Å². The molecule has 1 N–H and O–H groups in total. The molecule has 2 nitrogen and oxygen atoms in total. The molecule has 0 bridgehead atoms. The monoisotopic (exact) mass is 210 g/mol. The first kappa shape index (κ1) is 11.4. The van der Waals surface area contributed by atoms with Gasteiger partial charge >= 0.3 is 0 Å². The van der Waals surface area contributed by atoms with Crippen LogP contribution in [0, 0.1) is 5.92 Å². The highest BCUT2D eigenvalue weighted by atomic mass is 15.2. The number of hydrogen-bond acceptors (Lipinski definition) is 2. The minimum Gasteiger partial charge on any atom is -0.311 e. The minimum atomic E-state index is 0.747. The Labute approximate surface area is 94.4 Å². The third kappa shape index (κ3) is 3.46. The summed E-state index contributed by atoms with van der Waals surface area (Å²) in [6.07, 6.45) is 7.09.